The maximum absolute atomic E-state index is 12.3. The molecule has 1 aliphatic heterocycles. The van der Waals surface area contributed by atoms with Gasteiger partial charge in [0.25, 0.3) is 5.91 Å². The van der Waals surface area contributed by atoms with Gasteiger partial charge in [0.1, 0.15) is 18.1 Å². The van der Waals surface area contributed by atoms with Crippen molar-refractivity contribution < 1.29 is 19.1 Å². The van der Waals surface area contributed by atoms with Crippen molar-refractivity contribution >= 4 is 17.5 Å². The highest BCUT2D eigenvalue weighted by molar-refractivity contribution is 5.99. The molecule has 0 unspecified atom stereocenters. The summed E-state index contributed by atoms with van der Waals surface area (Å²) < 4.78 is 11.0. The first-order valence-corrected chi connectivity index (χ1v) is 9.21. The second kappa shape index (κ2) is 9.07. The Morgan fingerprint density at radius 1 is 1.11 bits per heavy atom. The molecule has 0 atom stereocenters. The van der Waals surface area contributed by atoms with Gasteiger partial charge in [-0.25, -0.2) is 0 Å². The van der Waals surface area contributed by atoms with Gasteiger partial charge in [-0.2, -0.15) is 0 Å². The van der Waals surface area contributed by atoms with Crippen LogP contribution < -0.4 is 19.7 Å². The molecule has 2 aromatic rings. The van der Waals surface area contributed by atoms with E-state index in [9.17, 15) is 9.59 Å². The summed E-state index contributed by atoms with van der Waals surface area (Å²) in [4.78, 5) is 25.9. The van der Waals surface area contributed by atoms with Crippen molar-refractivity contribution in [3.05, 3.63) is 54.1 Å². The van der Waals surface area contributed by atoms with E-state index in [1.54, 1.807) is 23.1 Å². The third-order valence-corrected chi connectivity index (χ3v) is 4.28. The normalized spacial score (nSPS) is 13.5. The summed E-state index contributed by atoms with van der Waals surface area (Å²) in [6.45, 7) is 4.02. The summed E-state index contributed by atoms with van der Waals surface area (Å²) in [6.07, 6.45) is 1.43. The number of benzene rings is 2. The van der Waals surface area contributed by atoms with Gasteiger partial charge in [-0.05, 0) is 55.8 Å². The zero-order valence-electron chi connectivity index (χ0n) is 15.4. The third kappa shape index (κ3) is 5.00. The summed E-state index contributed by atoms with van der Waals surface area (Å²) in [6, 6.07) is 14.5. The minimum atomic E-state index is -0.182. The molecule has 6 nitrogen and oxygen atoms in total. The van der Waals surface area contributed by atoms with Gasteiger partial charge in [-0.15, -0.1) is 0 Å². The number of anilines is 1. The number of hydrogen-bond donors (Lipinski definition) is 1. The number of rotatable bonds is 8. The van der Waals surface area contributed by atoms with E-state index >= 15 is 0 Å². The number of amides is 2. The Balaban J connectivity index is 1.47. The zero-order chi connectivity index (χ0) is 19.1. The average molecular weight is 368 g/mol. The van der Waals surface area contributed by atoms with E-state index in [1.165, 1.54) is 0 Å². The van der Waals surface area contributed by atoms with Crippen molar-refractivity contribution in [2.75, 3.05) is 31.2 Å². The highest BCUT2D eigenvalue weighted by Gasteiger charge is 2.22. The second-order valence-electron chi connectivity index (χ2n) is 6.21. The summed E-state index contributed by atoms with van der Waals surface area (Å²) in [7, 11) is 0. The molecule has 2 aromatic carbocycles. The van der Waals surface area contributed by atoms with Crippen LogP contribution in [0, 0.1) is 0 Å². The molecule has 1 aliphatic rings. The molecule has 0 saturated carbocycles. The monoisotopic (exact) mass is 368 g/mol. The first-order valence-electron chi connectivity index (χ1n) is 9.21. The Morgan fingerprint density at radius 3 is 2.52 bits per heavy atom. The molecule has 6 heteroatoms. The minimum absolute atomic E-state index is 0.108. The lowest BCUT2D eigenvalue weighted by molar-refractivity contribution is -0.117. The molecule has 2 amide bonds. The van der Waals surface area contributed by atoms with Crippen LogP contribution in [-0.2, 0) is 4.79 Å². The molecule has 1 fully saturated rings. The summed E-state index contributed by atoms with van der Waals surface area (Å²) in [5.41, 5.74) is 1.31. The number of hydrogen-bond acceptors (Lipinski definition) is 4. The molecule has 142 valence electrons. The number of ether oxygens (including phenoxy) is 2. The van der Waals surface area contributed by atoms with E-state index in [0.29, 0.717) is 38.3 Å². The van der Waals surface area contributed by atoms with Crippen LogP contribution in [-0.4, -0.2) is 38.1 Å². The Labute approximate surface area is 159 Å². The van der Waals surface area contributed by atoms with E-state index in [2.05, 4.69) is 5.32 Å². The van der Waals surface area contributed by atoms with Gasteiger partial charge < -0.3 is 19.7 Å². The standard InChI is InChI=1S/C21H24N2O4/c1-2-26-18-8-10-19(11-9-18)27-14-12-22-21(25)16-5-3-6-17(15-16)23-13-4-7-20(23)24/h3,5-6,8-11,15H,2,4,7,12-14H2,1H3,(H,22,25). The summed E-state index contributed by atoms with van der Waals surface area (Å²) in [5, 5.41) is 2.84. The summed E-state index contributed by atoms with van der Waals surface area (Å²) in [5.74, 6) is 1.45. The van der Waals surface area contributed by atoms with Crippen LogP contribution in [0.1, 0.15) is 30.1 Å². The lowest BCUT2D eigenvalue weighted by atomic mass is 10.1. The van der Waals surface area contributed by atoms with Crippen LogP contribution in [0.15, 0.2) is 48.5 Å². The van der Waals surface area contributed by atoms with E-state index in [1.807, 2.05) is 37.3 Å². The number of nitrogens with zero attached hydrogens (tertiary/aromatic N) is 1. The quantitative estimate of drug-likeness (QED) is 0.728. The first-order chi connectivity index (χ1) is 13.2. The molecule has 0 aromatic heterocycles. The number of nitrogens with one attached hydrogen (secondary N) is 1. The first kappa shape index (κ1) is 18.8. The molecule has 3 rings (SSSR count). The van der Waals surface area contributed by atoms with E-state index < -0.39 is 0 Å². The summed E-state index contributed by atoms with van der Waals surface area (Å²) >= 11 is 0. The minimum Gasteiger partial charge on any atom is -0.494 e. The molecule has 1 saturated heterocycles. The van der Waals surface area contributed by atoms with Crippen LogP contribution in [0.4, 0.5) is 5.69 Å². The van der Waals surface area contributed by atoms with Crippen LogP contribution >= 0.6 is 0 Å². The van der Waals surface area contributed by atoms with E-state index in [-0.39, 0.29) is 11.8 Å². The Kier molecular flexibility index (Phi) is 6.30. The highest BCUT2D eigenvalue weighted by Crippen LogP contribution is 2.22. The SMILES string of the molecule is CCOc1ccc(OCCNC(=O)c2cccc(N3CCCC3=O)c2)cc1. The number of carbonyl (C=O) groups excluding carboxylic acids is 2. The van der Waals surface area contributed by atoms with Gasteiger partial charge in [0.05, 0.1) is 13.2 Å². The van der Waals surface area contributed by atoms with Crippen molar-refractivity contribution in [3.8, 4) is 11.5 Å². The van der Waals surface area contributed by atoms with Crippen LogP contribution in [0.3, 0.4) is 0 Å². The van der Waals surface area contributed by atoms with Crippen molar-refractivity contribution in [2.24, 2.45) is 0 Å². The third-order valence-electron chi connectivity index (χ3n) is 4.28. The molecule has 0 bridgehead atoms. The average Bonchev–Trinajstić information content (AvgIpc) is 3.12. The van der Waals surface area contributed by atoms with Gasteiger partial charge >= 0.3 is 0 Å². The van der Waals surface area contributed by atoms with Gasteiger partial charge in [-0.3, -0.25) is 9.59 Å². The lowest BCUT2D eigenvalue weighted by Gasteiger charge is -2.16. The second-order valence-corrected chi connectivity index (χ2v) is 6.21. The van der Waals surface area contributed by atoms with Crippen molar-refractivity contribution in [1.82, 2.24) is 5.32 Å². The topological polar surface area (TPSA) is 67.9 Å². The predicted molar refractivity (Wildman–Crippen MR) is 103 cm³/mol. The molecule has 0 radical (unpaired) electrons. The predicted octanol–water partition coefficient (Wildman–Crippen LogP) is 3.02. The van der Waals surface area contributed by atoms with E-state index in [0.717, 1.165) is 23.6 Å². The van der Waals surface area contributed by atoms with Gasteiger partial charge in [0.15, 0.2) is 0 Å². The van der Waals surface area contributed by atoms with Crippen molar-refractivity contribution in [3.63, 3.8) is 0 Å². The zero-order valence-corrected chi connectivity index (χ0v) is 15.4. The maximum atomic E-state index is 12.3. The molecular formula is C21H24N2O4. The molecular weight excluding hydrogens is 344 g/mol. The largest absolute Gasteiger partial charge is 0.494 e. The fourth-order valence-electron chi connectivity index (χ4n) is 2.97. The maximum Gasteiger partial charge on any atom is 0.251 e. The van der Waals surface area contributed by atoms with Crippen LogP contribution in [0.25, 0.3) is 0 Å². The molecule has 27 heavy (non-hydrogen) atoms. The molecule has 1 heterocycles. The lowest BCUT2D eigenvalue weighted by Crippen LogP contribution is -2.29. The van der Waals surface area contributed by atoms with Crippen molar-refractivity contribution in [2.45, 2.75) is 19.8 Å². The highest BCUT2D eigenvalue weighted by atomic mass is 16.5. The number of carbonyl (C=O) groups is 2. The van der Waals surface area contributed by atoms with Crippen LogP contribution in [0.2, 0.25) is 0 Å². The Morgan fingerprint density at radius 2 is 1.85 bits per heavy atom. The Bertz CT molecular complexity index is 789. The molecule has 1 N–H and O–H groups in total. The Hall–Kier alpha value is -3.02. The fraction of sp³-hybridized carbons (Fsp3) is 0.333. The smallest absolute Gasteiger partial charge is 0.251 e. The van der Waals surface area contributed by atoms with E-state index in [4.69, 9.17) is 9.47 Å². The molecule has 0 spiro atoms. The van der Waals surface area contributed by atoms with Gasteiger partial charge in [0, 0.05) is 24.2 Å². The van der Waals surface area contributed by atoms with Crippen LogP contribution in [0.5, 0.6) is 11.5 Å². The van der Waals surface area contributed by atoms with Crippen molar-refractivity contribution in [1.29, 1.82) is 0 Å². The fourth-order valence-corrected chi connectivity index (χ4v) is 2.97. The molecule has 0 aliphatic carbocycles. The van der Waals surface area contributed by atoms with Gasteiger partial charge in [-0.1, -0.05) is 6.07 Å². The van der Waals surface area contributed by atoms with Gasteiger partial charge in [0.2, 0.25) is 5.91 Å².